The standard InChI is InChI=1S/C21H25N3O5S3/c1-5-32(28,29)16-11-9-15(10-12-16)20(25)24(14-13-23(2)3)21-22-19-17(30-21)7-6-8-18(19)31(4,26)27/h6-12H,5,13-14H2,1-4H3. The zero-order chi connectivity index (χ0) is 23.7. The third-order valence-corrected chi connectivity index (χ3v) is 8.78. The van der Waals surface area contributed by atoms with Gasteiger partial charge in [0.2, 0.25) is 0 Å². The first-order chi connectivity index (χ1) is 14.9. The Balaban J connectivity index is 2.05. The Bertz CT molecular complexity index is 1350. The van der Waals surface area contributed by atoms with E-state index in [9.17, 15) is 21.6 Å². The van der Waals surface area contributed by atoms with Crippen molar-refractivity contribution in [3.8, 4) is 0 Å². The summed E-state index contributed by atoms with van der Waals surface area (Å²) in [6.07, 6.45) is 1.13. The summed E-state index contributed by atoms with van der Waals surface area (Å²) in [4.78, 5) is 21.6. The van der Waals surface area contributed by atoms with E-state index in [-0.39, 0.29) is 21.5 Å². The van der Waals surface area contributed by atoms with Crippen LogP contribution in [0, 0.1) is 0 Å². The second kappa shape index (κ2) is 9.26. The molecular weight excluding hydrogens is 470 g/mol. The predicted octanol–water partition coefficient (Wildman–Crippen LogP) is 2.70. The highest BCUT2D eigenvalue weighted by atomic mass is 32.2. The molecule has 0 saturated carbocycles. The summed E-state index contributed by atoms with van der Waals surface area (Å²) in [5.74, 6) is -0.365. The number of anilines is 1. The van der Waals surface area contributed by atoms with Gasteiger partial charge in [-0.2, -0.15) is 0 Å². The van der Waals surface area contributed by atoms with Crippen molar-refractivity contribution in [1.82, 2.24) is 9.88 Å². The summed E-state index contributed by atoms with van der Waals surface area (Å²) in [5.41, 5.74) is 0.656. The second-order valence-corrected chi connectivity index (χ2v) is 12.8. The molecule has 0 N–H and O–H groups in total. The molecule has 2 aromatic carbocycles. The lowest BCUT2D eigenvalue weighted by Gasteiger charge is -2.22. The van der Waals surface area contributed by atoms with E-state index in [0.717, 1.165) is 6.26 Å². The number of hydrogen-bond acceptors (Lipinski definition) is 8. The molecule has 11 heteroatoms. The average molecular weight is 496 g/mol. The van der Waals surface area contributed by atoms with Gasteiger partial charge in [-0.3, -0.25) is 9.69 Å². The molecule has 0 radical (unpaired) electrons. The first-order valence-corrected chi connectivity index (χ1v) is 14.2. The van der Waals surface area contributed by atoms with Gasteiger partial charge in [-0.1, -0.05) is 24.3 Å². The molecule has 0 aliphatic heterocycles. The molecule has 3 aromatic rings. The van der Waals surface area contributed by atoms with Gasteiger partial charge in [-0.05, 0) is 50.5 Å². The number of aromatic nitrogens is 1. The molecule has 0 unspecified atom stereocenters. The third-order valence-electron chi connectivity index (χ3n) is 4.86. The van der Waals surface area contributed by atoms with Crippen LogP contribution in [-0.2, 0) is 19.7 Å². The molecule has 0 bridgehead atoms. The first kappa shape index (κ1) is 24.3. The van der Waals surface area contributed by atoms with E-state index in [1.165, 1.54) is 46.6 Å². The van der Waals surface area contributed by atoms with Crippen LogP contribution < -0.4 is 4.90 Å². The van der Waals surface area contributed by atoms with E-state index in [2.05, 4.69) is 4.98 Å². The van der Waals surface area contributed by atoms with Gasteiger partial charge < -0.3 is 4.90 Å². The number of hydrogen-bond donors (Lipinski definition) is 0. The van der Waals surface area contributed by atoms with E-state index in [1.807, 2.05) is 19.0 Å². The summed E-state index contributed by atoms with van der Waals surface area (Å²) in [6.45, 7) is 2.45. The number of carbonyl (C=O) groups is 1. The number of fused-ring (bicyclic) bond motifs is 1. The minimum absolute atomic E-state index is 0.0242. The van der Waals surface area contributed by atoms with Gasteiger partial charge in [0.1, 0.15) is 5.52 Å². The lowest BCUT2D eigenvalue weighted by molar-refractivity contribution is 0.0985. The zero-order valence-electron chi connectivity index (χ0n) is 18.3. The molecule has 1 heterocycles. The van der Waals surface area contributed by atoms with Crippen molar-refractivity contribution in [1.29, 1.82) is 0 Å². The van der Waals surface area contributed by atoms with Crippen LogP contribution in [0.5, 0.6) is 0 Å². The van der Waals surface area contributed by atoms with E-state index >= 15 is 0 Å². The molecule has 0 fully saturated rings. The van der Waals surface area contributed by atoms with Crippen molar-refractivity contribution in [2.24, 2.45) is 0 Å². The summed E-state index contributed by atoms with van der Waals surface area (Å²) < 4.78 is 49.1. The Kier molecular flexibility index (Phi) is 7.03. The molecule has 0 atom stereocenters. The van der Waals surface area contributed by atoms with Crippen molar-refractivity contribution >= 4 is 52.3 Å². The Morgan fingerprint density at radius 1 is 1.00 bits per heavy atom. The van der Waals surface area contributed by atoms with Crippen LogP contribution in [0.4, 0.5) is 5.13 Å². The smallest absolute Gasteiger partial charge is 0.260 e. The second-order valence-electron chi connectivity index (χ2n) is 7.56. The molecule has 8 nitrogen and oxygen atoms in total. The van der Waals surface area contributed by atoms with Crippen LogP contribution >= 0.6 is 11.3 Å². The molecule has 1 amide bonds. The largest absolute Gasteiger partial charge is 0.308 e. The van der Waals surface area contributed by atoms with E-state index < -0.39 is 19.7 Å². The van der Waals surface area contributed by atoms with Crippen LogP contribution in [0.1, 0.15) is 17.3 Å². The Morgan fingerprint density at radius 3 is 2.22 bits per heavy atom. The number of carbonyl (C=O) groups excluding carboxylic acids is 1. The van der Waals surface area contributed by atoms with Crippen LogP contribution in [0.2, 0.25) is 0 Å². The van der Waals surface area contributed by atoms with Crippen LogP contribution in [-0.4, -0.2) is 71.8 Å². The minimum Gasteiger partial charge on any atom is -0.308 e. The Hall–Kier alpha value is -2.34. The number of likely N-dealkylation sites (N-methyl/N-ethyl adjacent to an activating group) is 1. The van der Waals surface area contributed by atoms with Crippen LogP contribution in [0.15, 0.2) is 52.3 Å². The van der Waals surface area contributed by atoms with Gasteiger partial charge in [0.05, 0.1) is 20.2 Å². The highest BCUT2D eigenvalue weighted by Crippen LogP contribution is 2.33. The molecule has 0 spiro atoms. The summed E-state index contributed by atoms with van der Waals surface area (Å²) >= 11 is 1.24. The maximum absolute atomic E-state index is 13.4. The maximum atomic E-state index is 13.4. The summed E-state index contributed by atoms with van der Waals surface area (Å²) in [6, 6.07) is 10.8. The Labute approximate surface area is 192 Å². The third kappa shape index (κ3) is 5.17. The fourth-order valence-corrected chi connectivity index (χ4v) is 5.84. The molecule has 0 aliphatic rings. The molecule has 172 valence electrons. The van der Waals surface area contributed by atoms with Crippen molar-refractivity contribution in [2.45, 2.75) is 16.7 Å². The van der Waals surface area contributed by atoms with Gasteiger partial charge in [0.15, 0.2) is 24.8 Å². The molecule has 0 aliphatic carbocycles. The molecular formula is C21H25N3O5S3. The number of sulfone groups is 2. The van der Waals surface area contributed by atoms with Crippen molar-refractivity contribution < 1.29 is 21.6 Å². The lowest BCUT2D eigenvalue weighted by atomic mass is 10.2. The van der Waals surface area contributed by atoms with Crippen molar-refractivity contribution in [3.05, 3.63) is 48.0 Å². The fourth-order valence-electron chi connectivity index (χ4n) is 3.04. The normalized spacial score (nSPS) is 12.4. The van der Waals surface area contributed by atoms with E-state index in [0.29, 0.717) is 34.0 Å². The number of amides is 1. The minimum atomic E-state index is -3.49. The Morgan fingerprint density at radius 2 is 1.66 bits per heavy atom. The molecule has 3 rings (SSSR count). The van der Waals surface area contributed by atoms with E-state index in [1.54, 1.807) is 19.1 Å². The summed E-state index contributed by atoms with van der Waals surface area (Å²) in [7, 11) is -3.09. The van der Waals surface area contributed by atoms with Crippen LogP contribution in [0.25, 0.3) is 10.2 Å². The highest BCUT2D eigenvalue weighted by Gasteiger charge is 2.24. The molecule has 1 aromatic heterocycles. The number of benzene rings is 2. The van der Waals surface area contributed by atoms with Gasteiger partial charge in [0, 0.05) is 24.9 Å². The topological polar surface area (TPSA) is 105 Å². The van der Waals surface area contributed by atoms with Gasteiger partial charge >= 0.3 is 0 Å². The zero-order valence-corrected chi connectivity index (χ0v) is 20.7. The van der Waals surface area contributed by atoms with Gasteiger partial charge in [-0.15, -0.1) is 0 Å². The fraction of sp³-hybridized carbons (Fsp3) is 0.333. The van der Waals surface area contributed by atoms with Gasteiger partial charge in [-0.25, -0.2) is 21.8 Å². The maximum Gasteiger partial charge on any atom is 0.260 e. The van der Waals surface area contributed by atoms with Crippen molar-refractivity contribution in [3.63, 3.8) is 0 Å². The number of thiazole rings is 1. The lowest BCUT2D eigenvalue weighted by Crippen LogP contribution is -2.36. The number of rotatable bonds is 8. The first-order valence-electron chi connectivity index (χ1n) is 9.83. The highest BCUT2D eigenvalue weighted by molar-refractivity contribution is 7.91. The number of para-hydroxylation sites is 1. The SMILES string of the molecule is CCS(=O)(=O)c1ccc(C(=O)N(CCN(C)C)c2nc3c(S(C)(=O)=O)cccc3s2)cc1. The monoisotopic (exact) mass is 495 g/mol. The quantitative estimate of drug-likeness (QED) is 0.473. The predicted molar refractivity (Wildman–Crippen MR) is 127 cm³/mol. The van der Waals surface area contributed by atoms with Gasteiger partial charge in [0.25, 0.3) is 5.91 Å². The van der Waals surface area contributed by atoms with Crippen molar-refractivity contribution in [2.75, 3.05) is 44.1 Å². The number of nitrogens with zero attached hydrogens (tertiary/aromatic N) is 3. The van der Waals surface area contributed by atoms with E-state index in [4.69, 9.17) is 0 Å². The average Bonchev–Trinajstić information content (AvgIpc) is 3.16. The van der Waals surface area contributed by atoms with Crippen LogP contribution in [0.3, 0.4) is 0 Å². The molecule has 32 heavy (non-hydrogen) atoms. The molecule has 0 saturated heterocycles. The summed E-state index contributed by atoms with van der Waals surface area (Å²) in [5, 5.41) is 0.383.